The van der Waals surface area contributed by atoms with E-state index in [4.69, 9.17) is 4.74 Å². The van der Waals surface area contributed by atoms with Crippen LogP contribution in [0.4, 0.5) is 4.39 Å². The summed E-state index contributed by atoms with van der Waals surface area (Å²) in [6.45, 7) is 7.04. The number of hydrogen-bond acceptors (Lipinski definition) is 4. The highest BCUT2D eigenvalue weighted by atomic mass is 19.1. The van der Waals surface area contributed by atoms with Crippen LogP contribution < -0.4 is 10.1 Å². The predicted molar refractivity (Wildman–Crippen MR) is 133 cm³/mol. The molecule has 1 aromatic rings. The third-order valence-corrected chi connectivity index (χ3v) is 5.29. The van der Waals surface area contributed by atoms with Crippen molar-refractivity contribution in [1.82, 2.24) is 10.2 Å². The highest BCUT2D eigenvalue weighted by molar-refractivity contribution is 5.93. The minimum atomic E-state index is -0.304. The summed E-state index contributed by atoms with van der Waals surface area (Å²) < 4.78 is 19.8. The van der Waals surface area contributed by atoms with E-state index >= 15 is 0 Å². The number of carbonyl (C=O) groups excluding carboxylic acids is 2. The van der Waals surface area contributed by atoms with E-state index in [0.717, 1.165) is 63.6 Å². The Balaban J connectivity index is 2.09. The lowest BCUT2D eigenvalue weighted by atomic mass is 10.0. The number of nitrogens with one attached hydrogen (secondary N) is 1. The zero-order valence-corrected chi connectivity index (χ0v) is 20.4. The van der Waals surface area contributed by atoms with Crippen molar-refractivity contribution in [1.29, 1.82) is 0 Å². The number of unbranched alkanes of at least 4 members (excludes halogenated alkanes) is 7. The minimum absolute atomic E-state index is 0.182. The molecule has 0 fully saturated rings. The van der Waals surface area contributed by atoms with E-state index in [2.05, 4.69) is 16.8 Å². The van der Waals surface area contributed by atoms with E-state index in [1.165, 1.54) is 19.8 Å². The molecule has 0 saturated heterocycles. The molecule has 1 aromatic carbocycles. The van der Waals surface area contributed by atoms with Gasteiger partial charge in [0.15, 0.2) is 11.6 Å². The first-order valence-electron chi connectivity index (χ1n) is 12.1. The number of amides is 2. The molecule has 0 unspecified atom stereocenters. The number of rotatable bonds is 18. The Morgan fingerprint density at radius 2 is 1.70 bits per heavy atom. The van der Waals surface area contributed by atoms with E-state index in [-0.39, 0.29) is 17.6 Å². The fourth-order valence-corrected chi connectivity index (χ4v) is 3.51. The van der Waals surface area contributed by atoms with E-state index in [9.17, 15) is 14.0 Å². The van der Waals surface area contributed by atoms with Crippen molar-refractivity contribution in [3.8, 4) is 5.75 Å². The van der Waals surface area contributed by atoms with Crippen LogP contribution in [-0.4, -0.2) is 43.5 Å². The number of carbonyl (C=O) groups is 2. The van der Waals surface area contributed by atoms with E-state index < -0.39 is 0 Å². The van der Waals surface area contributed by atoms with Crippen LogP contribution in [0.1, 0.15) is 70.3 Å². The van der Waals surface area contributed by atoms with Gasteiger partial charge in [0.2, 0.25) is 11.8 Å². The van der Waals surface area contributed by atoms with Gasteiger partial charge in [0.05, 0.1) is 0 Å². The number of hydrogen-bond donors (Lipinski definition) is 1. The normalized spacial score (nSPS) is 11.2. The second-order valence-electron chi connectivity index (χ2n) is 8.49. The maximum absolute atomic E-state index is 14.3. The van der Waals surface area contributed by atoms with Gasteiger partial charge in [0.25, 0.3) is 0 Å². The molecule has 5 nitrogen and oxygen atoms in total. The van der Waals surface area contributed by atoms with Crippen molar-refractivity contribution in [2.75, 3.05) is 26.7 Å². The Labute approximate surface area is 199 Å². The number of likely N-dealkylation sites (N-methyl/N-ethyl adjacent to an activating group) is 1. The van der Waals surface area contributed by atoms with Crippen molar-refractivity contribution in [3.63, 3.8) is 0 Å². The van der Waals surface area contributed by atoms with E-state index in [1.807, 2.05) is 31.3 Å². The third-order valence-electron chi connectivity index (χ3n) is 5.29. The average molecular weight is 461 g/mol. The van der Waals surface area contributed by atoms with Crippen molar-refractivity contribution in [2.45, 2.75) is 71.1 Å². The molecular weight excluding hydrogens is 419 g/mol. The van der Waals surface area contributed by atoms with Gasteiger partial charge in [-0.1, -0.05) is 62.8 Å². The molecule has 0 heterocycles. The Bertz CT molecular complexity index is 749. The number of nitrogens with zero attached hydrogens (tertiary/aromatic N) is 1. The van der Waals surface area contributed by atoms with Gasteiger partial charge in [0, 0.05) is 26.4 Å². The van der Waals surface area contributed by atoms with Gasteiger partial charge in [-0.2, -0.15) is 0 Å². The molecule has 1 N–H and O–H groups in total. The Morgan fingerprint density at radius 1 is 1.03 bits per heavy atom. The van der Waals surface area contributed by atoms with Crippen LogP contribution >= 0.6 is 0 Å². The fraction of sp³-hybridized carbons (Fsp3) is 0.556. The Hall–Kier alpha value is -2.47. The summed E-state index contributed by atoms with van der Waals surface area (Å²) in [7, 11) is 2.01. The molecule has 0 spiro atoms. The van der Waals surface area contributed by atoms with Crippen LogP contribution in [0, 0.1) is 5.82 Å². The van der Waals surface area contributed by atoms with Gasteiger partial charge in [-0.3, -0.25) is 19.8 Å². The highest BCUT2D eigenvalue weighted by Crippen LogP contribution is 2.20. The van der Waals surface area contributed by atoms with Gasteiger partial charge in [-0.15, -0.1) is 6.58 Å². The average Bonchev–Trinajstić information content (AvgIpc) is 2.75. The molecule has 0 saturated carbocycles. The van der Waals surface area contributed by atoms with Crippen molar-refractivity contribution >= 4 is 11.8 Å². The summed E-state index contributed by atoms with van der Waals surface area (Å²) in [6.07, 6.45) is 15.7. The number of halogens is 1. The standard InChI is InChI=1S/C27H41FN2O3/c1-4-19-30(3)20-13-14-21-33-26-18-17-24(22-25(26)28)15-11-9-7-5-6-8-10-12-16-27(32)29-23(2)31/h4,13-14,17-18,22H,1,5-12,15-16,19-21H2,2-3H3,(H,29,31,32). The summed E-state index contributed by atoms with van der Waals surface area (Å²) in [5.74, 6) is -0.486. The maximum atomic E-state index is 14.3. The lowest BCUT2D eigenvalue weighted by molar-refractivity contribution is -0.129. The zero-order valence-electron chi connectivity index (χ0n) is 20.4. The molecule has 0 bridgehead atoms. The smallest absolute Gasteiger partial charge is 0.226 e. The van der Waals surface area contributed by atoms with E-state index in [0.29, 0.717) is 18.8 Å². The van der Waals surface area contributed by atoms with Gasteiger partial charge in [0.1, 0.15) is 6.61 Å². The van der Waals surface area contributed by atoms with Crippen LogP contribution in [0.5, 0.6) is 5.75 Å². The summed E-state index contributed by atoms with van der Waals surface area (Å²) in [4.78, 5) is 24.2. The summed E-state index contributed by atoms with van der Waals surface area (Å²) in [5, 5.41) is 2.29. The van der Waals surface area contributed by atoms with Crippen LogP contribution in [0.25, 0.3) is 0 Å². The van der Waals surface area contributed by atoms with Gasteiger partial charge in [-0.25, -0.2) is 4.39 Å². The minimum Gasteiger partial charge on any atom is -0.486 e. The van der Waals surface area contributed by atoms with Gasteiger partial charge < -0.3 is 4.74 Å². The number of benzene rings is 1. The quantitative estimate of drug-likeness (QED) is 0.229. The summed E-state index contributed by atoms with van der Waals surface area (Å²) in [6, 6.07) is 5.25. The van der Waals surface area contributed by atoms with Crippen LogP contribution in [0.15, 0.2) is 43.0 Å². The molecule has 0 radical (unpaired) electrons. The van der Waals surface area contributed by atoms with Crippen LogP contribution in [0.2, 0.25) is 0 Å². The molecule has 33 heavy (non-hydrogen) atoms. The molecule has 0 aliphatic rings. The van der Waals surface area contributed by atoms with E-state index in [1.54, 1.807) is 12.1 Å². The largest absolute Gasteiger partial charge is 0.486 e. The van der Waals surface area contributed by atoms with Crippen molar-refractivity contribution in [3.05, 3.63) is 54.4 Å². The fourth-order valence-electron chi connectivity index (χ4n) is 3.51. The first-order valence-corrected chi connectivity index (χ1v) is 12.1. The summed E-state index contributed by atoms with van der Waals surface area (Å²) >= 11 is 0. The molecule has 0 aliphatic heterocycles. The van der Waals surface area contributed by atoms with Crippen LogP contribution in [0.3, 0.4) is 0 Å². The first-order chi connectivity index (χ1) is 15.9. The van der Waals surface area contributed by atoms with Crippen molar-refractivity contribution < 1.29 is 18.7 Å². The topological polar surface area (TPSA) is 58.6 Å². The lowest BCUT2D eigenvalue weighted by Crippen LogP contribution is -2.27. The maximum Gasteiger partial charge on any atom is 0.226 e. The monoisotopic (exact) mass is 460 g/mol. The number of imide groups is 1. The van der Waals surface area contributed by atoms with Crippen molar-refractivity contribution in [2.24, 2.45) is 0 Å². The molecule has 1 rings (SSSR count). The first kappa shape index (κ1) is 28.6. The molecule has 0 aliphatic carbocycles. The highest BCUT2D eigenvalue weighted by Gasteiger charge is 2.05. The second kappa shape index (κ2) is 18.0. The zero-order chi connectivity index (χ0) is 24.3. The Kier molecular flexibility index (Phi) is 15.6. The van der Waals surface area contributed by atoms with Crippen LogP contribution in [-0.2, 0) is 16.0 Å². The summed E-state index contributed by atoms with van der Waals surface area (Å²) in [5.41, 5.74) is 1.00. The van der Waals surface area contributed by atoms with Gasteiger partial charge >= 0.3 is 0 Å². The molecular formula is C27H41FN2O3. The number of ether oxygens (including phenoxy) is 1. The second-order valence-corrected chi connectivity index (χ2v) is 8.49. The lowest BCUT2D eigenvalue weighted by Gasteiger charge is -2.10. The third kappa shape index (κ3) is 15.1. The SMILES string of the molecule is C=CCN(C)CC=CCOc1ccc(CCCCCCCCCCC(=O)NC(C)=O)cc1F. The molecule has 2 amide bonds. The molecule has 6 heteroatoms. The molecule has 0 aromatic heterocycles. The molecule has 184 valence electrons. The molecule has 0 atom stereocenters. The Morgan fingerprint density at radius 3 is 2.33 bits per heavy atom. The van der Waals surface area contributed by atoms with Gasteiger partial charge in [-0.05, 0) is 44.0 Å². The predicted octanol–water partition coefficient (Wildman–Crippen LogP) is 5.59. The number of aryl methyl sites for hydroxylation is 1.